The molecule has 2 aliphatic rings. The molecular formula is C20H22N8O4. The standard InChI is InChI=1S/C20H22N8O4/c29-17-14(2-1-3-25-17)26-18(30)16-11-27(20(32)15-10-21-4-5-24-15)6-7-28(16)19(31)13-8-22-12-23-9-13/h4-5,8-10,12,14,16H,1-3,6-7,11H2,(H,25,29)(H,26,30)/t14-,16+/m0/s1. The van der Waals surface area contributed by atoms with Crippen LogP contribution in [0.25, 0.3) is 0 Å². The van der Waals surface area contributed by atoms with E-state index >= 15 is 0 Å². The first-order valence-electron chi connectivity index (χ1n) is 10.2. The summed E-state index contributed by atoms with van der Waals surface area (Å²) < 4.78 is 0. The maximum atomic E-state index is 13.2. The van der Waals surface area contributed by atoms with E-state index < -0.39 is 23.9 Å². The number of nitrogens with zero attached hydrogens (tertiary/aromatic N) is 6. The highest BCUT2D eigenvalue weighted by molar-refractivity contribution is 5.99. The largest absolute Gasteiger partial charge is 0.354 e. The first kappa shape index (κ1) is 21.3. The Bertz CT molecular complexity index is 1000. The Kier molecular flexibility index (Phi) is 6.29. The van der Waals surface area contributed by atoms with Crippen molar-refractivity contribution in [1.29, 1.82) is 0 Å². The van der Waals surface area contributed by atoms with E-state index in [0.29, 0.717) is 13.0 Å². The van der Waals surface area contributed by atoms with Gasteiger partial charge in [0.1, 0.15) is 24.1 Å². The summed E-state index contributed by atoms with van der Waals surface area (Å²) >= 11 is 0. The molecule has 2 aromatic rings. The van der Waals surface area contributed by atoms with Crippen LogP contribution < -0.4 is 10.6 Å². The summed E-state index contributed by atoms with van der Waals surface area (Å²) in [7, 11) is 0. The first-order chi connectivity index (χ1) is 15.5. The summed E-state index contributed by atoms with van der Waals surface area (Å²) in [5.41, 5.74) is 0.379. The number of rotatable bonds is 4. The van der Waals surface area contributed by atoms with Crippen molar-refractivity contribution in [3.63, 3.8) is 0 Å². The van der Waals surface area contributed by atoms with Crippen LogP contribution in [0.2, 0.25) is 0 Å². The molecule has 0 aliphatic carbocycles. The van der Waals surface area contributed by atoms with Gasteiger partial charge in [0.25, 0.3) is 11.8 Å². The highest BCUT2D eigenvalue weighted by atomic mass is 16.2. The van der Waals surface area contributed by atoms with Gasteiger partial charge >= 0.3 is 0 Å². The number of aromatic nitrogens is 4. The van der Waals surface area contributed by atoms with Crippen LogP contribution in [0.5, 0.6) is 0 Å². The van der Waals surface area contributed by atoms with Crippen molar-refractivity contribution in [2.24, 2.45) is 0 Å². The minimum absolute atomic E-state index is 0.0466. The van der Waals surface area contributed by atoms with Crippen LogP contribution in [0, 0.1) is 0 Å². The fraction of sp³-hybridized carbons (Fsp3) is 0.400. The molecular weight excluding hydrogens is 416 g/mol. The summed E-state index contributed by atoms with van der Waals surface area (Å²) in [6.07, 6.45) is 9.51. The molecule has 0 unspecified atom stereocenters. The van der Waals surface area contributed by atoms with Gasteiger partial charge in [0.05, 0.1) is 18.3 Å². The third-order valence-corrected chi connectivity index (χ3v) is 5.42. The van der Waals surface area contributed by atoms with Gasteiger partial charge in [0.2, 0.25) is 11.8 Å². The Morgan fingerprint density at radius 3 is 2.56 bits per heavy atom. The molecule has 2 atom stereocenters. The monoisotopic (exact) mass is 438 g/mol. The molecule has 12 heteroatoms. The molecule has 2 fully saturated rings. The number of hydrogen-bond donors (Lipinski definition) is 2. The molecule has 12 nitrogen and oxygen atoms in total. The molecule has 0 radical (unpaired) electrons. The number of carbonyl (C=O) groups is 4. The van der Waals surface area contributed by atoms with Crippen LogP contribution in [0.3, 0.4) is 0 Å². The molecule has 2 aromatic heterocycles. The molecule has 4 heterocycles. The fourth-order valence-corrected chi connectivity index (χ4v) is 3.76. The van der Waals surface area contributed by atoms with Crippen molar-refractivity contribution in [2.45, 2.75) is 24.9 Å². The highest BCUT2D eigenvalue weighted by Gasteiger charge is 2.39. The van der Waals surface area contributed by atoms with Crippen LogP contribution in [-0.2, 0) is 9.59 Å². The van der Waals surface area contributed by atoms with Gasteiger partial charge < -0.3 is 20.4 Å². The van der Waals surface area contributed by atoms with Crippen LogP contribution in [0.1, 0.15) is 33.7 Å². The van der Waals surface area contributed by atoms with E-state index in [-0.39, 0.29) is 42.7 Å². The maximum absolute atomic E-state index is 13.2. The Morgan fingerprint density at radius 2 is 1.84 bits per heavy atom. The van der Waals surface area contributed by atoms with E-state index in [1.54, 1.807) is 0 Å². The molecule has 4 amide bonds. The predicted octanol–water partition coefficient (Wildman–Crippen LogP) is -1.37. The van der Waals surface area contributed by atoms with Gasteiger partial charge in [-0.15, -0.1) is 0 Å². The maximum Gasteiger partial charge on any atom is 0.274 e. The normalized spacial score (nSPS) is 20.9. The van der Waals surface area contributed by atoms with Gasteiger partial charge in [-0.05, 0) is 12.8 Å². The van der Waals surface area contributed by atoms with Crippen LogP contribution >= 0.6 is 0 Å². The topological polar surface area (TPSA) is 150 Å². The zero-order valence-corrected chi connectivity index (χ0v) is 17.2. The van der Waals surface area contributed by atoms with E-state index in [2.05, 4.69) is 30.6 Å². The van der Waals surface area contributed by atoms with Gasteiger partial charge in [-0.3, -0.25) is 24.2 Å². The first-order valence-corrected chi connectivity index (χ1v) is 10.2. The lowest BCUT2D eigenvalue weighted by atomic mass is 10.0. The van der Waals surface area contributed by atoms with E-state index in [1.165, 1.54) is 47.1 Å². The van der Waals surface area contributed by atoms with Crippen molar-refractivity contribution < 1.29 is 19.2 Å². The van der Waals surface area contributed by atoms with E-state index in [9.17, 15) is 19.2 Å². The van der Waals surface area contributed by atoms with Crippen molar-refractivity contribution in [3.8, 4) is 0 Å². The fourth-order valence-electron chi connectivity index (χ4n) is 3.76. The minimum Gasteiger partial charge on any atom is -0.354 e. The van der Waals surface area contributed by atoms with Crippen LogP contribution in [0.4, 0.5) is 0 Å². The number of amides is 4. The molecule has 2 aliphatic heterocycles. The quantitative estimate of drug-likeness (QED) is 0.593. The third-order valence-electron chi connectivity index (χ3n) is 5.42. The molecule has 2 saturated heterocycles. The highest BCUT2D eigenvalue weighted by Crippen LogP contribution is 2.17. The Balaban J connectivity index is 1.56. The number of hydrogen-bond acceptors (Lipinski definition) is 8. The second kappa shape index (κ2) is 9.45. The zero-order chi connectivity index (χ0) is 22.5. The number of piperazine rings is 1. The average Bonchev–Trinajstić information content (AvgIpc) is 2.85. The Labute approximate surface area is 183 Å². The second-order valence-electron chi connectivity index (χ2n) is 7.48. The summed E-state index contributed by atoms with van der Waals surface area (Å²) in [6, 6.07) is -1.67. The number of nitrogens with one attached hydrogen (secondary N) is 2. The smallest absolute Gasteiger partial charge is 0.274 e. The Morgan fingerprint density at radius 1 is 1.03 bits per heavy atom. The van der Waals surface area contributed by atoms with Gasteiger partial charge in [-0.25, -0.2) is 15.0 Å². The van der Waals surface area contributed by atoms with Crippen molar-refractivity contribution in [3.05, 3.63) is 48.6 Å². The lowest BCUT2D eigenvalue weighted by molar-refractivity contribution is -0.133. The second-order valence-corrected chi connectivity index (χ2v) is 7.48. The van der Waals surface area contributed by atoms with Crippen LogP contribution in [-0.4, -0.2) is 91.6 Å². The van der Waals surface area contributed by atoms with E-state index in [4.69, 9.17) is 0 Å². The third kappa shape index (κ3) is 4.53. The minimum atomic E-state index is -0.994. The van der Waals surface area contributed by atoms with Gasteiger partial charge in [-0.2, -0.15) is 0 Å². The lowest BCUT2D eigenvalue weighted by Gasteiger charge is -2.40. The number of piperidine rings is 1. The summed E-state index contributed by atoms with van der Waals surface area (Å²) in [5.74, 6) is -1.58. The van der Waals surface area contributed by atoms with Crippen molar-refractivity contribution in [1.82, 2.24) is 40.4 Å². The van der Waals surface area contributed by atoms with Gasteiger partial charge in [0, 0.05) is 44.4 Å². The molecule has 0 spiro atoms. The van der Waals surface area contributed by atoms with Gasteiger partial charge in [-0.1, -0.05) is 0 Å². The summed E-state index contributed by atoms with van der Waals surface area (Å²) in [6.45, 7) is 0.847. The summed E-state index contributed by atoms with van der Waals surface area (Å²) in [4.78, 5) is 69.7. The molecule has 2 N–H and O–H groups in total. The SMILES string of the molecule is O=C1NCCC[C@@H]1NC(=O)[C@H]1CN(C(=O)c2cnccn2)CCN1C(=O)c1cncnc1. The van der Waals surface area contributed by atoms with E-state index in [0.717, 1.165) is 6.42 Å². The number of carbonyl (C=O) groups excluding carboxylic acids is 4. The molecule has 32 heavy (non-hydrogen) atoms. The molecule has 0 saturated carbocycles. The molecule has 0 bridgehead atoms. The molecule has 166 valence electrons. The van der Waals surface area contributed by atoms with Crippen molar-refractivity contribution >= 4 is 23.6 Å². The molecule has 4 rings (SSSR count). The van der Waals surface area contributed by atoms with Gasteiger partial charge in [0.15, 0.2) is 0 Å². The Hall–Kier alpha value is -3.96. The van der Waals surface area contributed by atoms with Crippen LogP contribution in [0.15, 0.2) is 37.3 Å². The average molecular weight is 438 g/mol. The molecule has 0 aromatic carbocycles. The lowest BCUT2D eigenvalue weighted by Crippen LogP contribution is -2.63. The van der Waals surface area contributed by atoms with E-state index in [1.807, 2.05) is 0 Å². The van der Waals surface area contributed by atoms with Crippen molar-refractivity contribution in [2.75, 3.05) is 26.2 Å². The summed E-state index contributed by atoms with van der Waals surface area (Å²) in [5, 5.41) is 5.45. The zero-order valence-electron chi connectivity index (χ0n) is 17.2. The predicted molar refractivity (Wildman–Crippen MR) is 109 cm³/mol.